The normalized spacial score (nSPS) is 11.6. The molecular weight excluding hydrogens is 287 g/mol. The SMILES string of the molecule is O=[N+]([O-])c1ccc(Cl)c(COCCCC(F)(F)F)c1. The first-order chi connectivity index (χ1) is 8.79. The van der Waals surface area contributed by atoms with Crippen molar-refractivity contribution in [2.45, 2.75) is 25.6 Å². The lowest BCUT2D eigenvalue weighted by Gasteiger charge is -2.08. The molecule has 8 heteroatoms. The van der Waals surface area contributed by atoms with E-state index in [0.29, 0.717) is 5.56 Å². The summed E-state index contributed by atoms with van der Waals surface area (Å²) in [6.07, 6.45) is -5.28. The Kier molecular flexibility index (Phi) is 5.56. The van der Waals surface area contributed by atoms with E-state index in [4.69, 9.17) is 16.3 Å². The molecule has 0 spiro atoms. The Morgan fingerprint density at radius 2 is 2.05 bits per heavy atom. The van der Waals surface area contributed by atoms with E-state index in [0.717, 1.165) is 0 Å². The van der Waals surface area contributed by atoms with Crippen molar-refractivity contribution < 1.29 is 22.8 Å². The number of nitro groups is 1. The van der Waals surface area contributed by atoms with Crippen LogP contribution in [0.5, 0.6) is 0 Å². The minimum Gasteiger partial charge on any atom is -0.377 e. The zero-order valence-corrected chi connectivity index (χ0v) is 10.5. The highest BCUT2D eigenvalue weighted by Crippen LogP contribution is 2.24. The van der Waals surface area contributed by atoms with Gasteiger partial charge >= 0.3 is 6.18 Å². The van der Waals surface area contributed by atoms with Crippen molar-refractivity contribution in [3.05, 3.63) is 38.9 Å². The largest absolute Gasteiger partial charge is 0.389 e. The Morgan fingerprint density at radius 1 is 1.37 bits per heavy atom. The Labute approximate surface area is 112 Å². The van der Waals surface area contributed by atoms with E-state index < -0.39 is 17.5 Å². The third-order valence-electron chi connectivity index (χ3n) is 2.25. The Morgan fingerprint density at radius 3 is 2.63 bits per heavy atom. The molecule has 0 N–H and O–H groups in total. The molecule has 0 saturated heterocycles. The molecule has 106 valence electrons. The smallest absolute Gasteiger partial charge is 0.377 e. The zero-order valence-electron chi connectivity index (χ0n) is 9.74. The van der Waals surface area contributed by atoms with Gasteiger partial charge in [-0.1, -0.05) is 11.6 Å². The first-order valence-electron chi connectivity index (χ1n) is 5.37. The van der Waals surface area contributed by atoms with E-state index in [9.17, 15) is 23.3 Å². The maximum Gasteiger partial charge on any atom is 0.389 e. The molecule has 0 amide bonds. The van der Waals surface area contributed by atoms with Crippen LogP contribution in [0.3, 0.4) is 0 Å². The lowest BCUT2D eigenvalue weighted by Crippen LogP contribution is -2.08. The second kappa shape index (κ2) is 6.72. The highest BCUT2D eigenvalue weighted by Gasteiger charge is 2.25. The van der Waals surface area contributed by atoms with E-state index in [1.807, 2.05) is 0 Å². The molecule has 0 heterocycles. The number of hydrogen-bond acceptors (Lipinski definition) is 3. The molecule has 0 radical (unpaired) electrons. The number of non-ortho nitro benzene ring substituents is 1. The van der Waals surface area contributed by atoms with Crippen LogP contribution in [0.2, 0.25) is 5.02 Å². The molecule has 0 aliphatic heterocycles. The average Bonchev–Trinajstić information content (AvgIpc) is 2.29. The monoisotopic (exact) mass is 297 g/mol. The first kappa shape index (κ1) is 15.7. The van der Waals surface area contributed by atoms with Crippen LogP contribution in [0.4, 0.5) is 18.9 Å². The quantitative estimate of drug-likeness (QED) is 0.451. The van der Waals surface area contributed by atoms with Gasteiger partial charge < -0.3 is 4.74 Å². The van der Waals surface area contributed by atoms with Gasteiger partial charge in [0.1, 0.15) is 0 Å². The minimum atomic E-state index is -4.20. The van der Waals surface area contributed by atoms with E-state index in [-0.39, 0.29) is 30.3 Å². The summed E-state index contributed by atoms with van der Waals surface area (Å²) in [4.78, 5) is 9.97. The maximum absolute atomic E-state index is 11.9. The van der Waals surface area contributed by atoms with Gasteiger partial charge in [0.05, 0.1) is 11.5 Å². The molecule has 0 saturated carbocycles. The van der Waals surface area contributed by atoms with E-state index >= 15 is 0 Å². The van der Waals surface area contributed by atoms with Crippen LogP contribution in [-0.4, -0.2) is 17.7 Å². The van der Waals surface area contributed by atoms with Crippen LogP contribution in [0, 0.1) is 10.1 Å². The summed E-state index contributed by atoms with van der Waals surface area (Å²) in [5.41, 5.74) is 0.237. The van der Waals surface area contributed by atoms with Crippen molar-refractivity contribution in [2.24, 2.45) is 0 Å². The molecule has 1 aromatic rings. The van der Waals surface area contributed by atoms with Crippen LogP contribution in [0.15, 0.2) is 18.2 Å². The van der Waals surface area contributed by atoms with Crippen molar-refractivity contribution in [3.63, 3.8) is 0 Å². The number of alkyl halides is 3. The Bertz CT molecular complexity index is 451. The Balaban J connectivity index is 2.45. The van der Waals surface area contributed by atoms with Gasteiger partial charge in [-0.3, -0.25) is 10.1 Å². The van der Waals surface area contributed by atoms with Gasteiger partial charge in [-0.05, 0) is 12.5 Å². The molecule has 0 fully saturated rings. The van der Waals surface area contributed by atoms with Crippen LogP contribution in [-0.2, 0) is 11.3 Å². The van der Waals surface area contributed by atoms with E-state index in [2.05, 4.69) is 0 Å². The first-order valence-corrected chi connectivity index (χ1v) is 5.75. The molecule has 1 aromatic carbocycles. The van der Waals surface area contributed by atoms with Gasteiger partial charge in [0.2, 0.25) is 0 Å². The molecule has 0 aliphatic rings. The third kappa shape index (κ3) is 5.89. The van der Waals surface area contributed by atoms with Gasteiger partial charge in [0.25, 0.3) is 5.69 Å². The van der Waals surface area contributed by atoms with Crippen molar-refractivity contribution in [1.29, 1.82) is 0 Å². The molecule has 0 unspecified atom stereocenters. The fraction of sp³-hybridized carbons (Fsp3) is 0.455. The van der Waals surface area contributed by atoms with Gasteiger partial charge in [-0.25, -0.2) is 0 Å². The van der Waals surface area contributed by atoms with Crippen LogP contribution >= 0.6 is 11.6 Å². The number of nitro benzene ring substituents is 1. The predicted octanol–water partition coefficient (Wildman–Crippen LogP) is 4.11. The molecule has 4 nitrogen and oxygen atoms in total. The highest BCUT2D eigenvalue weighted by atomic mass is 35.5. The maximum atomic E-state index is 11.9. The minimum absolute atomic E-state index is 0.0572. The van der Waals surface area contributed by atoms with Gasteiger partial charge in [-0.15, -0.1) is 0 Å². The molecular formula is C11H11ClF3NO3. The lowest BCUT2D eigenvalue weighted by atomic mass is 10.2. The number of rotatable bonds is 6. The average molecular weight is 298 g/mol. The van der Waals surface area contributed by atoms with Gasteiger partial charge in [0, 0.05) is 35.7 Å². The molecule has 0 atom stereocenters. The van der Waals surface area contributed by atoms with Crippen molar-refractivity contribution >= 4 is 17.3 Å². The number of benzene rings is 1. The number of nitrogens with zero attached hydrogens (tertiary/aromatic N) is 1. The third-order valence-corrected chi connectivity index (χ3v) is 2.62. The van der Waals surface area contributed by atoms with Crippen molar-refractivity contribution in [3.8, 4) is 0 Å². The van der Waals surface area contributed by atoms with Crippen LogP contribution in [0.1, 0.15) is 18.4 Å². The van der Waals surface area contributed by atoms with E-state index in [1.54, 1.807) is 0 Å². The van der Waals surface area contributed by atoms with Gasteiger partial charge in [-0.2, -0.15) is 13.2 Å². The molecule has 1 rings (SSSR count). The van der Waals surface area contributed by atoms with Crippen molar-refractivity contribution in [2.75, 3.05) is 6.61 Å². The number of hydrogen-bond donors (Lipinski definition) is 0. The standard InChI is InChI=1S/C11H11ClF3NO3/c12-10-3-2-9(16(17)18)6-8(10)7-19-5-1-4-11(13,14)15/h2-3,6H,1,4-5,7H2. The number of ether oxygens (including phenoxy) is 1. The second-order valence-electron chi connectivity index (χ2n) is 3.80. The lowest BCUT2D eigenvalue weighted by molar-refractivity contribution is -0.384. The second-order valence-corrected chi connectivity index (χ2v) is 4.21. The zero-order chi connectivity index (χ0) is 14.5. The summed E-state index contributed by atoms with van der Waals surface area (Å²) in [6, 6.07) is 3.84. The fourth-order valence-corrected chi connectivity index (χ4v) is 1.51. The summed E-state index contributed by atoms with van der Waals surface area (Å²) in [5, 5.41) is 10.8. The fourth-order valence-electron chi connectivity index (χ4n) is 1.34. The summed E-state index contributed by atoms with van der Waals surface area (Å²) in [5.74, 6) is 0. The highest BCUT2D eigenvalue weighted by molar-refractivity contribution is 6.31. The molecule has 0 aromatic heterocycles. The summed E-state index contributed by atoms with van der Waals surface area (Å²) in [7, 11) is 0. The topological polar surface area (TPSA) is 52.4 Å². The number of halogens is 4. The summed E-state index contributed by atoms with van der Waals surface area (Å²) < 4.78 is 40.6. The molecule has 19 heavy (non-hydrogen) atoms. The van der Waals surface area contributed by atoms with Crippen LogP contribution in [0.25, 0.3) is 0 Å². The van der Waals surface area contributed by atoms with Gasteiger partial charge in [0.15, 0.2) is 0 Å². The Hall–Kier alpha value is -1.34. The van der Waals surface area contributed by atoms with Crippen LogP contribution < -0.4 is 0 Å². The summed E-state index contributed by atoms with van der Waals surface area (Å²) >= 11 is 5.80. The predicted molar refractivity (Wildman–Crippen MR) is 63.1 cm³/mol. The summed E-state index contributed by atoms with van der Waals surface area (Å²) in [6.45, 7) is -0.142. The van der Waals surface area contributed by atoms with E-state index in [1.165, 1.54) is 18.2 Å². The van der Waals surface area contributed by atoms with Crippen molar-refractivity contribution in [1.82, 2.24) is 0 Å². The molecule has 0 bridgehead atoms. The molecule has 0 aliphatic carbocycles.